The highest BCUT2D eigenvalue weighted by molar-refractivity contribution is 5.76. The van der Waals surface area contributed by atoms with E-state index >= 15 is 0 Å². The van der Waals surface area contributed by atoms with Crippen molar-refractivity contribution in [2.24, 2.45) is 0 Å². The molecule has 0 saturated heterocycles. The molecule has 0 unspecified atom stereocenters. The van der Waals surface area contributed by atoms with Gasteiger partial charge in [0.1, 0.15) is 5.75 Å². The van der Waals surface area contributed by atoms with Crippen molar-refractivity contribution < 1.29 is 18.8 Å². The predicted octanol–water partition coefficient (Wildman–Crippen LogP) is 1.05. The van der Waals surface area contributed by atoms with Gasteiger partial charge in [-0.3, -0.25) is 4.79 Å². The summed E-state index contributed by atoms with van der Waals surface area (Å²) in [6.07, 6.45) is 1.99. The van der Waals surface area contributed by atoms with E-state index in [1.807, 2.05) is 56.6 Å². The van der Waals surface area contributed by atoms with Crippen molar-refractivity contribution in [3.05, 3.63) is 54.5 Å². The van der Waals surface area contributed by atoms with Gasteiger partial charge in [-0.1, -0.05) is 18.2 Å². The maximum atomic E-state index is 11.9. The van der Waals surface area contributed by atoms with Gasteiger partial charge in [-0.05, 0) is 24.3 Å². The molecule has 1 amide bonds. The van der Waals surface area contributed by atoms with Gasteiger partial charge in [0.25, 0.3) is 0 Å². The van der Waals surface area contributed by atoms with Gasteiger partial charge in [-0.15, -0.1) is 0 Å². The Morgan fingerprint density at radius 3 is 2.64 bits per heavy atom. The van der Waals surface area contributed by atoms with Crippen LogP contribution in [0.2, 0.25) is 0 Å². The summed E-state index contributed by atoms with van der Waals surface area (Å²) >= 11 is 0. The molecule has 0 aliphatic heterocycles. The van der Waals surface area contributed by atoms with Crippen LogP contribution in [0.4, 0.5) is 0 Å². The molecule has 0 aliphatic rings. The minimum Gasteiger partial charge on any atom is -0.493 e. The highest BCUT2D eigenvalue weighted by Gasteiger charge is 2.21. The van der Waals surface area contributed by atoms with Crippen LogP contribution in [0.1, 0.15) is 18.2 Å². The number of quaternary nitrogens is 1. The third kappa shape index (κ3) is 4.93. The molecule has 5 nitrogen and oxygen atoms in total. The first kappa shape index (κ1) is 16.1. The van der Waals surface area contributed by atoms with Crippen LogP contribution in [0, 0.1) is 0 Å². The fraction of sp³-hybridized carbons (Fsp3) is 0.353. The lowest BCUT2D eigenvalue weighted by Gasteiger charge is -2.19. The van der Waals surface area contributed by atoms with Crippen LogP contribution in [0.15, 0.2) is 53.1 Å². The summed E-state index contributed by atoms with van der Waals surface area (Å²) < 4.78 is 10.9. The average molecular weight is 303 g/mol. The Morgan fingerprint density at radius 1 is 1.23 bits per heavy atom. The molecule has 0 radical (unpaired) electrons. The molecule has 2 aromatic rings. The number of carbonyl (C=O) groups excluding carboxylic acids is 1. The van der Waals surface area contributed by atoms with Gasteiger partial charge in [0, 0.05) is 0 Å². The van der Waals surface area contributed by atoms with Crippen LogP contribution >= 0.6 is 0 Å². The maximum absolute atomic E-state index is 11.9. The number of furan rings is 1. The topological polar surface area (TPSA) is 55.9 Å². The van der Waals surface area contributed by atoms with E-state index < -0.39 is 0 Å². The summed E-state index contributed by atoms with van der Waals surface area (Å²) in [4.78, 5) is 13.1. The Balaban J connectivity index is 1.72. The van der Waals surface area contributed by atoms with Crippen LogP contribution in [-0.4, -0.2) is 33.2 Å². The third-order valence-electron chi connectivity index (χ3n) is 3.43. The van der Waals surface area contributed by atoms with Crippen LogP contribution in [0.3, 0.4) is 0 Å². The highest BCUT2D eigenvalue weighted by Crippen LogP contribution is 2.10. The van der Waals surface area contributed by atoms with E-state index in [9.17, 15) is 4.79 Å². The quantitative estimate of drug-likeness (QED) is 0.766. The fourth-order valence-electron chi connectivity index (χ4n) is 2.16. The van der Waals surface area contributed by atoms with E-state index in [4.69, 9.17) is 9.15 Å². The van der Waals surface area contributed by atoms with Crippen LogP contribution in [-0.2, 0) is 4.79 Å². The van der Waals surface area contributed by atoms with Gasteiger partial charge in [0.15, 0.2) is 11.8 Å². The molecule has 0 spiro atoms. The van der Waals surface area contributed by atoms with Crippen LogP contribution in [0.25, 0.3) is 0 Å². The second-order valence-electron chi connectivity index (χ2n) is 5.36. The molecule has 5 heteroatoms. The summed E-state index contributed by atoms with van der Waals surface area (Å²) in [5.41, 5.74) is 0. The van der Waals surface area contributed by atoms with Gasteiger partial charge < -0.3 is 19.4 Å². The first-order chi connectivity index (χ1) is 10.7. The number of benzene rings is 1. The van der Waals surface area contributed by atoms with E-state index in [-0.39, 0.29) is 11.9 Å². The Morgan fingerprint density at radius 2 is 2.00 bits per heavy atom. The molecule has 1 atom stereocenters. The van der Waals surface area contributed by atoms with Crippen molar-refractivity contribution in [2.45, 2.75) is 12.5 Å². The molecule has 2 N–H and O–H groups in total. The van der Waals surface area contributed by atoms with E-state index in [0.717, 1.165) is 11.5 Å². The summed E-state index contributed by atoms with van der Waals surface area (Å²) in [7, 11) is 4.08. The summed E-state index contributed by atoms with van der Waals surface area (Å²) in [5, 5.41) is 2.94. The second kappa shape index (κ2) is 8.24. The van der Waals surface area contributed by atoms with E-state index in [0.29, 0.717) is 19.6 Å². The van der Waals surface area contributed by atoms with Crippen LogP contribution in [0.5, 0.6) is 5.75 Å². The minimum absolute atomic E-state index is 0.0197. The van der Waals surface area contributed by atoms with Crippen molar-refractivity contribution in [1.29, 1.82) is 0 Å². The standard InChI is InChI=1S/C17H22N2O3/c1-19(2)15(16-9-6-11-22-16)13-18-17(20)10-12-21-14-7-4-3-5-8-14/h3-9,11,15H,10,12-13H2,1-2H3,(H,18,20)/p+1/t15-/m0/s1. The zero-order valence-corrected chi connectivity index (χ0v) is 13.0. The molecule has 2 rings (SSSR count). The molecule has 0 fully saturated rings. The van der Waals surface area contributed by atoms with Gasteiger partial charge in [-0.25, -0.2) is 0 Å². The van der Waals surface area contributed by atoms with E-state index in [1.54, 1.807) is 6.26 Å². The molecular weight excluding hydrogens is 280 g/mol. The number of hydrogen-bond acceptors (Lipinski definition) is 3. The molecule has 118 valence electrons. The molecule has 0 saturated carbocycles. The molecule has 1 aromatic carbocycles. The molecule has 22 heavy (non-hydrogen) atoms. The highest BCUT2D eigenvalue weighted by atomic mass is 16.5. The van der Waals surface area contributed by atoms with E-state index in [1.165, 1.54) is 4.90 Å². The number of nitrogens with one attached hydrogen (secondary N) is 2. The summed E-state index contributed by atoms with van der Waals surface area (Å²) in [6.45, 7) is 0.913. The number of amides is 1. The lowest BCUT2D eigenvalue weighted by molar-refractivity contribution is -0.891. The SMILES string of the molecule is C[NH+](C)[C@@H](CNC(=O)CCOc1ccccc1)c1ccco1. The van der Waals surface area contributed by atoms with Crippen molar-refractivity contribution in [1.82, 2.24) is 5.32 Å². The summed E-state index contributed by atoms with van der Waals surface area (Å²) in [6, 6.07) is 13.4. The number of likely N-dealkylation sites (N-methyl/N-ethyl adjacent to an activating group) is 1. The van der Waals surface area contributed by atoms with Crippen molar-refractivity contribution >= 4 is 5.91 Å². The lowest BCUT2D eigenvalue weighted by atomic mass is 10.2. The average Bonchev–Trinajstić information content (AvgIpc) is 3.02. The molecule has 0 aliphatic carbocycles. The smallest absolute Gasteiger partial charge is 0.223 e. The Labute approximate surface area is 130 Å². The van der Waals surface area contributed by atoms with Crippen molar-refractivity contribution in [3.63, 3.8) is 0 Å². The van der Waals surface area contributed by atoms with Gasteiger partial charge in [0.2, 0.25) is 5.91 Å². The first-order valence-corrected chi connectivity index (χ1v) is 7.45. The van der Waals surface area contributed by atoms with Gasteiger partial charge in [0.05, 0.1) is 39.9 Å². The number of hydrogen-bond donors (Lipinski definition) is 2. The monoisotopic (exact) mass is 303 g/mol. The maximum Gasteiger partial charge on any atom is 0.223 e. The minimum atomic E-state index is -0.0197. The van der Waals surface area contributed by atoms with Crippen LogP contribution < -0.4 is 15.0 Å². The Bertz CT molecular complexity index is 553. The molecule has 1 aromatic heterocycles. The van der Waals surface area contributed by atoms with Gasteiger partial charge in [-0.2, -0.15) is 0 Å². The molecular formula is C17H23N2O3+. The predicted molar refractivity (Wildman–Crippen MR) is 83.8 cm³/mol. The first-order valence-electron chi connectivity index (χ1n) is 7.45. The fourth-order valence-corrected chi connectivity index (χ4v) is 2.16. The number of ether oxygens (including phenoxy) is 1. The number of carbonyl (C=O) groups is 1. The lowest BCUT2D eigenvalue weighted by Crippen LogP contribution is -3.07. The zero-order chi connectivity index (χ0) is 15.8. The largest absolute Gasteiger partial charge is 0.493 e. The van der Waals surface area contributed by atoms with Gasteiger partial charge >= 0.3 is 0 Å². The third-order valence-corrected chi connectivity index (χ3v) is 3.43. The Kier molecular flexibility index (Phi) is 6.03. The normalized spacial score (nSPS) is 12.1. The van der Waals surface area contributed by atoms with E-state index in [2.05, 4.69) is 5.32 Å². The number of para-hydroxylation sites is 1. The zero-order valence-electron chi connectivity index (χ0n) is 13.0. The molecule has 1 heterocycles. The van der Waals surface area contributed by atoms with Crippen molar-refractivity contribution in [3.8, 4) is 5.75 Å². The van der Waals surface area contributed by atoms with Crippen molar-refractivity contribution in [2.75, 3.05) is 27.2 Å². The Hall–Kier alpha value is -2.27. The molecule has 0 bridgehead atoms. The number of rotatable bonds is 8. The summed E-state index contributed by atoms with van der Waals surface area (Å²) in [5.74, 6) is 1.64. The second-order valence-corrected chi connectivity index (χ2v) is 5.36.